The van der Waals surface area contributed by atoms with E-state index in [2.05, 4.69) is 5.10 Å². The molecule has 1 aliphatic rings. The third kappa shape index (κ3) is 4.68. The number of halogens is 5. The van der Waals surface area contributed by atoms with Crippen molar-refractivity contribution in [3.8, 4) is 17.5 Å². The Morgan fingerprint density at radius 3 is 2.54 bits per heavy atom. The third-order valence-corrected chi connectivity index (χ3v) is 6.21. The minimum Gasteiger partial charge on any atom is -0.480 e. The fourth-order valence-electron chi connectivity index (χ4n) is 3.91. The molecule has 1 atom stereocenters. The van der Waals surface area contributed by atoms with Crippen LogP contribution < -0.4 is 4.74 Å². The van der Waals surface area contributed by atoms with Crippen molar-refractivity contribution in [2.75, 3.05) is 6.54 Å². The number of carbonyl (C=O) groups is 1. The topological polar surface area (TPSA) is 71.2 Å². The van der Waals surface area contributed by atoms with Gasteiger partial charge in [-0.2, -0.15) is 23.5 Å². The molecule has 1 amide bonds. The summed E-state index contributed by atoms with van der Waals surface area (Å²) in [6.07, 6.45) is -6.46. The van der Waals surface area contributed by atoms with Crippen LogP contribution in [0.3, 0.4) is 0 Å². The number of aromatic nitrogens is 2. The summed E-state index contributed by atoms with van der Waals surface area (Å²) in [7, 11) is 0. The molecule has 0 radical (unpaired) electrons. The van der Waals surface area contributed by atoms with E-state index >= 15 is 0 Å². The Bertz CT molecular complexity index is 1330. The van der Waals surface area contributed by atoms with Gasteiger partial charge in [-0.15, -0.1) is 0 Å². The molecule has 1 aromatic heterocycles. The quantitative estimate of drug-likeness (QED) is 0.446. The second-order valence-corrected chi connectivity index (χ2v) is 8.47. The van der Waals surface area contributed by atoms with Crippen molar-refractivity contribution in [1.82, 2.24) is 14.7 Å². The van der Waals surface area contributed by atoms with E-state index in [1.165, 1.54) is 23.1 Å². The number of hydrogen-bond acceptors (Lipinski definition) is 4. The number of hydrogen-bond donors (Lipinski definition) is 0. The van der Waals surface area contributed by atoms with Gasteiger partial charge in [0.2, 0.25) is 0 Å². The van der Waals surface area contributed by atoms with Gasteiger partial charge in [0.05, 0.1) is 27.7 Å². The molecular weight excluding hydrogens is 488 g/mol. The van der Waals surface area contributed by atoms with Crippen molar-refractivity contribution >= 4 is 17.5 Å². The smallest absolute Gasteiger partial charge is 0.425 e. The predicted molar refractivity (Wildman–Crippen MR) is 119 cm³/mol. The first kappa shape index (κ1) is 24.5. The van der Waals surface area contributed by atoms with Gasteiger partial charge in [-0.05, 0) is 50.2 Å². The van der Waals surface area contributed by atoms with Crippen LogP contribution in [-0.2, 0) is 13.0 Å². The Morgan fingerprint density at radius 1 is 1.23 bits per heavy atom. The summed E-state index contributed by atoms with van der Waals surface area (Å²) < 4.78 is 59.4. The van der Waals surface area contributed by atoms with Gasteiger partial charge < -0.3 is 9.64 Å². The summed E-state index contributed by atoms with van der Waals surface area (Å²) in [5.41, 5.74) is 2.58. The van der Waals surface area contributed by atoms with Crippen molar-refractivity contribution in [1.29, 1.82) is 5.26 Å². The van der Waals surface area contributed by atoms with E-state index in [1.807, 2.05) is 6.07 Å². The lowest BCUT2D eigenvalue weighted by molar-refractivity contribution is -0.189. The second kappa shape index (κ2) is 9.23. The largest absolute Gasteiger partial charge is 0.480 e. The SMILES string of the molecule is Cc1nn(-c2ccc(F)cc2)c2c1CN(C(=O)c1c(OC(C)C(F)(F)F)ccc(C#N)c1Cl)CC2. The zero-order valence-corrected chi connectivity index (χ0v) is 19.4. The van der Waals surface area contributed by atoms with Crippen LogP contribution in [0.5, 0.6) is 5.75 Å². The number of rotatable bonds is 4. The number of nitrogens with zero attached hydrogens (tertiary/aromatic N) is 4. The average molecular weight is 507 g/mol. The highest BCUT2D eigenvalue weighted by Gasteiger charge is 2.39. The molecule has 182 valence electrons. The van der Waals surface area contributed by atoms with Crippen LogP contribution in [0.2, 0.25) is 5.02 Å². The van der Waals surface area contributed by atoms with E-state index in [-0.39, 0.29) is 40.8 Å². The molecule has 3 aromatic rings. The maximum absolute atomic E-state index is 13.5. The highest BCUT2D eigenvalue weighted by atomic mass is 35.5. The molecule has 1 unspecified atom stereocenters. The van der Waals surface area contributed by atoms with Crippen LogP contribution in [0.4, 0.5) is 17.6 Å². The molecule has 0 spiro atoms. The van der Waals surface area contributed by atoms with Gasteiger partial charge in [0, 0.05) is 25.1 Å². The maximum atomic E-state index is 13.5. The summed E-state index contributed by atoms with van der Waals surface area (Å²) in [5, 5.41) is 13.6. The summed E-state index contributed by atoms with van der Waals surface area (Å²) >= 11 is 6.28. The zero-order chi connectivity index (χ0) is 25.5. The molecule has 0 fully saturated rings. The number of carbonyl (C=O) groups excluding carboxylic acids is 1. The minimum atomic E-state index is -4.66. The highest BCUT2D eigenvalue weighted by molar-refractivity contribution is 6.35. The lowest BCUT2D eigenvalue weighted by atomic mass is 10.0. The molecule has 6 nitrogen and oxygen atoms in total. The van der Waals surface area contributed by atoms with Gasteiger partial charge in [0.25, 0.3) is 5.91 Å². The van der Waals surface area contributed by atoms with Gasteiger partial charge in [0.15, 0.2) is 6.10 Å². The van der Waals surface area contributed by atoms with Crippen molar-refractivity contribution in [3.05, 3.63) is 75.3 Å². The van der Waals surface area contributed by atoms with E-state index in [0.717, 1.165) is 24.2 Å². The van der Waals surface area contributed by atoms with Crippen LogP contribution in [0.15, 0.2) is 36.4 Å². The van der Waals surface area contributed by atoms with Gasteiger partial charge in [-0.3, -0.25) is 4.79 Å². The fraction of sp³-hybridized carbons (Fsp3) is 0.292. The van der Waals surface area contributed by atoms with Crippen LogP contribution in [-0.4, -0.2) is 39.4 Å². The molecule has 1 aliphatic heterocycles. The fourth-order valence-corrected chi connectivity index (χ4v) is 4.19. The molecular formula is C24H19ClF4N4O2. The first-order chi connectivity index (χ1) is 16.5. The summed E-state index contributed by atoms with van der Waals surface area (Å²) in [5.74, 6) is -1.39. The number of nitriles is 1. The Morgan fingerprint density at radius 2 is 1.91 bits per heavy atom. The monoisotopic (exact) mass is 506 g/mol. The molecule has 2 heterocycles. The number of ether oxygens (including phenoxy) is 1. The van der Waals surface area contributed by atoms with E-state index in [9.17, 15) is 27.6 Å². The summed E-state index contributed by atoms with van der Waals surface area (Å²) in [6.45, 7) is 2.94. The van der Waals surface area contributed by atoms with Gasteiger partial charge in [-0.1, -0.05) is 11.6 Å². The van der Waals surface area contributed by atoms with E-state index in [4.69, 9.17) is 16.3 Å². The number of aryl methyl sites for hydroxylation is 1. The lowest BCUT2D eigenvalue weighted by Gasteiger charge is -2.29. The van der Waals surface area contributed by atoms with Crippen LogP contribution in [0.1, 0.15) is 39.8 Å². The number of benzene rings is 2. The van der Waals surface area contributed by atoms with Crippen LogP contribution >= 0.6 is 11.6 Å². The standard InChI is InChI=1S/C24H19ClF4N4O2/c1-13-18-12-32(10-9-19(18)33(31-13)17-6-4-16(26)5-7-17)23(34)21-20(35-14(2)24(27,28)29)8-3-15(11-30)22(21)25/h3-8,14H,9-10,12H2,1-2H3. The Labute approximate surface area is 203 Å². The summed E-state index contributed by atoms with van der Waals surface area (Å²) in [6, 6.07) is 10.0. The van der Waals surface area contributed by atoms with Gasteiger partial charge >= 0.3 is 6.18 Å². The van der Waals surface area contributed by atoms with Crippen LogP contribution in [0, 0.1) is 24.1 Å². The molecule has 2 aromatic carbocycles. The lowest BCUT2D eigenvalue weighted by Crippen LogP contribution is -2.37. The number of amides is 1. The van der Waals surface area contributed by atoms with E-state index in [0.29, 0.717) is 17.8 Å². The molecule has 0 saturated carbocycles. The van der Waals surface area contributed by atoms with Gasteiger partial charge in [-0.25, -0.2) is 9.07 Å². The maximum Gasteiger partial charge on any atom is 0.425 e. The average Bonchev–Trinajstić information content (AvgIpc) is 3.14. The molecule has 0 N–H and O–H groups in total. The van der Waals surface area contributed by atoms with E-state index in [1.54, 1.807) is 23.7 Å². The number of alkyl halides is 3. The molecule has 4 rings (SSSR count). The predicted octanol–water partition coefficient (Wildman–Crippen LogP) is 5.37. The Hall–Kier alpha value is -3.58. The van der Waals surface area contributed by atoms with Crippen molar-refractivity contribution in [3.63, 3.8) is 0 Å². The molecule has 11 heteroatoms. The third-order valence-electron chi connectivity index (χ3n) is 5.82. The minimum absolute atomic E-state index is 0.0555. The second-order valence-electron chi connectivity index (χ2n) is 8.09. The molecule has 0 bridgehead atoms. The first-order valence-electron chi connectivity index (χ1n) is 10.6. The molecule has 35 heavy (non-hydrogen) atoms. The molecule has 0 aliphatic carbocycles. The van der Waals surface area contributed by atoms with Gasteiger partial charge in [0.1, 0.15) is 23.2 Å². The van der Waals surface area contributed by atoms with Crippen molar-refractivity contribution in [2.24, 2.45) is 0 Å². The van der Waals surface area contributed by atoms with E-state index < -0.39 is 18.2 Å². The molecule has 0 saturated heterocycles. The van der Waals surface area contributed by atoms with Crippen molar-refractivity contribution < 1.29 is 27.1 Å². The Balaban J connectivity index is 1.68. The Kier molecular flexibility index (Phi) is 6.47. The first-order valence-corrected chi connectivity index (χ1v) is 11.0. The van der Waals surface area contributed by atoms with Crippen molar-refractivity contribution in [2.45, 2.75) is 39.1 Å². The normalized spacial score (nSPS) is 14.3. The zero-order valence-electron chi connectivity index (χ0n) is 18.7. The summed E-state index contributed by atoms with van der Waals surface area (Å²) in [4.78, 5) is 14.9. The number of fused-ring (bicyclic) bond motifs is 1. The van der Waals surface area contributed by atoms with Crippen LogP contribution in [0.25, 0.3) is 5.69 Å². The highest BCUT2D eigenvalue weighted by Crippen LogP contribution is 2.35.